The molecule has 1 aromatic carbocycles. The number of rotatable bonds is 9. The van der Waals surface area contributed by atoms with Crippen molar-refractivity contribution in [2.45, 2.75) is 84.3 Å². The Morgan fingerprint density at radius 2 is 1.54 bits per heavy atom. The summed E-state index contributed by atoms with van der Waals surface area (Å²) in [5, 5.41) is 0. The summed E-state index contributed by atoms with van der Waals surface area (Å²) < 4.78 is 18.1. The van der Waals surface area contributed by atoms with Crippen LogP contribution in [-0.2, 0) is 9.31 Å². The standard InChI is InChI=1S/C20H33BO3/c1-6-7-8-9-10-11-15-22-18-14-12-13-17(16-18)21-23-19(2,3)20(4,5)24-21/h12-14,16H,6-11,15H2,1-5H3. The molecule has 2 rings (SSSR count). The van der Waals surface area contributed by atoms with Crippen molar-refractivity contribution in [2.75, 3.05) is 6.61 Å². The Morgan fingerprint density at radius 1 is 0.917 bits per heavy atom. The first-order chi connectivity index (χ1) is 11.4. The van der Waals surface area contributed by atoms with Crippen LogP contribution in [0.15, 0.2) is 24.3 Å². The Labute approximate surface area is 148 Å². The van der Waals surface area contributed by atoms with E-state index in [1.54, 1.807) is 0 Å². The molecule has 1 aliphatic rings. The van der Waals surface area contributed by atoms with Crippen LogP contribution in [0.1, 0.15) is 73.1 Å². The molecule has 0 unspecified atom stereocenters. The highest BCUT2D eigenvalue weighted by atomic mass is 16.7. The Balaban J connectivity index is 1.82. The largest absolute Gasteiger partial charge is 0.494 e. The summed E-state index contributed by atoms with van der Waals surface area (Å²) >= 11 is 0. The van der Waals surface area contributed by atoms with Gasteiger partial charge in [-0.25, -0.2) is 0 Å². The quantitative estimate of drug-likeness (QED) is 0.483. The lowest BCUT2D eigenvalue weighted by Gasteiger charge is -2.32. The molecule has 0 radical (unpaired) electrons. The summed E-state index contributed by atoms with van der Waals surface area (Å²) in [7, 11) is -0.326. The smallest absolute Gasteiger partial charge is 0.494 e. The SMILES string of the molecule is CCCCCCCCOc1cccc(B2OC(C)(C)C(C)(C)O2)c1. The van der Waals surface area contributed by atoms with Gasteiger partial charge in [0.15, 0.2) is 0 Å². The number of benzene rings is 1. The maximum Gasteiger partial charge on any atom is 0.494 e. The fraction of sp³-hybridized carbons (Fsp3) is 0.700. The molecule has 0 bridgehead atoms. The van der Waals surface area contributed by atoms with Crippen molar-refractivity contribution in [3.8, 4) is 5.75 Å². The minimum atomic E-state index is -0.326. The zero-order valence-electron chi connectivity index (χ0n) is 16.1. The van der Waals surface area contributed by atoms with Crippen LogP contribution in [0, 0.1) is 0 Å². The third-order valence-electron chi connectivity index (χ3n) is 5.15. The van der Waals surface area contributed by atoms with Crippen molar-refractivity contribution in [3.05, 3.63) is 24.3 Å². The topological polar surface area (TPSA) is 27.7 Å². The second kappa shape index (κ2) is 8.40. The molecule has 0 saturated carbocycles. The Morgan fingerprint density at radius 3 is 2.21 bits per heavy atom. The van der Waals surface area contributed by atoms with Crippen molar-refractivity contribution < 1.29 is 14.0 Å². The van der Waals surface area contributed by atoms with E-state index in [1.807, 2.05) is 24.3 Å². The fourth-order valence-electron chi connectivity index (χ4n) is 2.80. The number of unbranched alkanes of at least 4 members (excludes halogenated alkanes) is 5. The van der Waals surface area contributed by atoms with E-state index in [-0.39, 0.29) is 18.3 Å². The van der Waals surface area contributed by atoms with Gasteiger partial charge in [-0.3, -0.25) is 0 Å². The molecule has 0 N–H and O–H groups in total. The molecule has 3 nitrogen and oxygen atoms in total. The van der Waals surface area contributed by atoms with Gasteiger partial charge in [0.2, 0.25) is 0 Å². The fourth-order valence-corrected chi connectivity index (χ4v) is 2.80. The number of ether oxygens (including phenoxy) is 1. The normalized spacial score (nSPS) is 18.8. The van der Waals surface area contributed by atoms with Crippen molar-refractivity contribution >= 4 is 12.6 Å². The van der Waals surface area contributed by atoms with Crippen molar-refractivity contribution in [1.82, 2.24) is 0 Å². The molecule has 1 saturated heterocycles. The van der Waals surface area contributed by atoms with E-state index in [4.69, 9.17) is 14.0 Å². The van der Waals surface area contributed by atoms with Crippen LogP contribution < -0.4 is 10.2 Å². The van der Waals surface area contributed by atoms with E-state index >= 15 is 0 Å². The van der Waals surface area contributed by atoms with Crippen LogP contribution in [0.2, 0.25) is 0 Å². The molecule has 24 heavy (non-hydrogen) atoms. The number of hydrogen-bond donors (Lipinski definition) is 0. The van der Waals surface area contributed by atoms with Crippen molar-refractivity contribution in [3.63, 3.8) is 0 Å². The molecule has 1 fully saturated rings. The van der Waals surface area contributed by atoms with Crippen molar-refractivity contribution in [2.24, 2.45) is 0 Å². The molecule has 134 valence electrons. The molecule has 0 aromatic heterocycles. The summed E-state index contributed by atoms with van der Waals surface area (Å²) in [4.78, 5) is 0. The molecule has 1 aromatic rings. The second-order valence-corrected chi connectivity index (χ2v) is 7.78. The Kier molecular flexibility index (Phi) is 6.76. The monoisotopic (exact) mass is 332 g/mol. The highest BCUT2D eigenvalue weighted by molar-refractivity contribution is 6.62. The van der Waals surface area contributed by atoms with Gasteiger partial charge in [0, 0.05) is 0 Å². The first-order valence-corrected chi connectivity index (χ1v) is 9.44. The van der Waals surface area contributed by atoms with Crippen LogP contribution in [0.4, 0.5) is 0 Å². The van der Waals surface area contributed by atoms with Crippen LogP contribution in [0.3, 0.4) is 0 Å². The van der Waals surface area contributed by atoms with Gasteiger partial charge >= 0.3 is 7.12 Å². The first kappa shape index (κ1) is 19.3. The first-order valence-electron chi connectivity index (χ1n) is 9.44. The molecule has 0 amide bonds. The van der Waals surface area contributed by atoms with Gasteiger partial charge in [-0.1, -0.05) is 51.2 Å². The predicted octanol–water partition coefficient (Wildman–Crippen LogP) is 4.73. The molecular weight excluding hydrogens is 299 g/mol. The summed E-state index contributed by atoms with van der Waals surface area (Å²) in [5.74, 6) is 0.899. The van der Waals surface area contributed by atoms with Crippen LogP contribution in [0.25, 0.3) is 0 Å². The molecule has 0 spiro atoms. The zero-order chi connectivity index (χ0) is 17.6. The lowest BCUT2D eigenvalue weighted by Crippen LogP contribution is -2.41. The average Bonchev–Trinajstić information content (AvgIpc) is 2.75. The van der Waals surface area contributed by atoms with E-state index in [9.17, 15) is 0 Å². The van der Waals surface area contributed by atoms with Gasteiger partial charge in [0.1, 0.15) is 5.75 Å². The lowest BCUT2D eigenvalue weighted by molar-refractivity contribution is 0.00578. The Bertz CT molecular complexity index is 497. The van der Waals surface area contributed by atoms with Crippen molar-refractivity contribution in [1.29, 1.82) is 0 Å². The predicted molar refractivity (Wildman–Crippen MR) is 101 cm³/mol. The highest BCUT2D eigenvalue weighted by Crippen LogP contribution is 2.36. The van der Waals surface area contributed by atoms with Gasteiger partial charge in [-0.05, 0) is 51.7 Å². The summed E-state index contributed by atoms with van der Waals surface area (Å²) in [6, 6.07) is 8.10. The van der Waals surface area contributed by atoms with Gasteiger partial charge in [0.05, 0.1) is 17.8 Å². The summed E-state index contributed by atoms with van der Waals surface area (Å²) in [6.07, 6.45) is 7.65. The minimum absolute atomic E-state index is 0.312. The third kappa shape index (κ3) is 5.00. The van der Waals surface area contributed by atoms with E-state index < -0.39 is 0 Å². The molecule has 1 aliphatic heterocycles. The highest BCUT2D eigenvalue weighted by Gasteiger charge is 2.51. The second-order valence-electron chi connectivity index (χ2n) is 7.78. The van der Waals surface area contributed by atoms with Crippen LogP contribution >= 0.6 is 0 Å². The summed E-state index contributed by atoms with van der Waals surface area (Å²) in [5.41, 5.74) is 0.397. The average molecular weight is 332 g/mol. The zero-order valence-corrected chi connectivity index (χ0v) is 16.1. The molecule has 1 heterocycles. The van der Waals surface area contributed by atoms with Gasteiger partial charge in [-0.15, -0.1) is 0 Å². The molecule has 4 heteroatoms. The van der Waals surface area contributed by atoms with E-state index in [0.29, 0.717) is 0 Å². The minimum Gasteiger partial charge on any atom is -0.494 e. The molecule has 0 atom stereocenters. The lowest BCUT2D eigenvalue weighted by atomic mass is 9.79. The van der Waals surface area contributed by atoms with Gasteiger partial charge in [0.25, 0.3) is 0 Å². The molecular formula is C20H33BO3. The maximum atomic E-state index is 6.11. The molecule has 0 aliphatic carbocycles. The van der Waals surface area contributed by atoms with Crippen LogP contribution in [0.5, 0.6) is 5.75 Å². The van der Waals surface area contributed by atoms with E-state index in [0.717, 1.165) is 24.2 Å². The van der Waals surface area contributed by atoms with Gasteiger partial charge < -0.3 is 14.0 Å². The van der Waals surface area contributed by atoms with E-state index in [2.05, 4.69) is 34.6 Å². The number of hydrogen-bond acceptors (Lipinski definition) is 3. The Hall–Kier alpha value is -0.995. The maximum absolute atomic E-state index is 6.11. The third-order valence-corrected chi connectivity index (χ3v) is 5.15. The van der Waals surface area contributed by atoms with Gasteiger partial charge in [-0.2, -0.15) is 0 Å². The van der Waals surface area contributed by atoms with E-state index in [1.165, 1.54) is 32.1 Å². The van der Waals surface area contributed by atoms with Crippen LogP contribution in [-0.4, -0.2) is 24.9 Å². The summed E-state index contributed by atoms with van der Waals surface area (Å²) in [6.45, 7) is 11.3.